The van der Waals surface area contributed by atoms with Crippen LogP contribution in [0.25, 0.3) is 54.7 Å². The third-order valence-electron chi connectivity index (χ3n) is 26.4. The Labute approximate surface area is 857 Å². The molecule has 0 spiro atoms. The molecule has 142 heavy (non-hydrogen) atoms. The molecule has 762 valence electrons. The molecule has 9 aromatic heterocycles. The number of carbonyl (C=O) groups is 4. The summed E-state index contributed by atoms with van der Waals surface area (Å²) in [5.41, 5.74) is 21.0. The van der Waals surface area contributed by atoms with Gasteiger partial charge in [0.25, 0.3) is 11.8 Å². The van der Waals surface area contributed by atoms with E-state index < -0.39 is 5.97 Å². The van der Waals surface area contributed by atoms with Crippen molar-refractivity contribution in [2.75, 3.05) is 97.2 Å². The highest BCUT2D eigenvalue weighted by Gasteiger charge is 2.52. The van der Waals surface area contributed by atoms with E-state index in [4.69, 9.17) is 44.1 Å². The van der Waals surface area contributed by atoms with Gasteiger partial charge in [0.05, 0.1) is 103 Å². The number of aromatic nitrogens is 9. The molecule has 0 radical (unpaired) electrons. The van der Waals surface area contributed by atoms with Crippen LogP contribution in [0.3, 0.4) is 0 Å². The molecule has 35 heteroatoms. The lowest BCUT2D eigenvalue weighted by Crippen LogP contribution is -2.44. The quantitative estimate of drug-likeness (QED) is 0.0198. The van der Waals surface area contributed by atoms with E-state index in [1.807, 2.05) is 76.6 Å². The first-order valence-electron chi connectivity index (χ1n) is 48.3. The second kappa shape index (κ2) is 50.5. The number of fused-ring (bicyclic) bond motifs is 4. The van der Waals surface area contributed by atoms with Crippen LogP contribution >= 0.6 is 47.8 Å². The number of nitrogens with one attached hydrogen (secondary N) is 7. The number of amides is 2. The standard InChI is InChI=1S/C31H38N6O3.C22H26BrN3O3.C15H24BN3O2.C15H18BrNO2.C14H16BrNO2.C8H12N2O2.C2H6O/c1-6-21(4)37-18-19(2)29-24(30(39)34-17-25-27(38)13-20(3)35-31(25)40-5)14-23(15-26(29)37)22-7-8-28(33-16-22)36-11-9-32-10-12-36;1-6-14(4)26-11-12(2)20-16(8-15(23)9-18(20)26)21(28)24-10-17-19(27)7-13(3)25-22(17)29-5;1-14(2)15(3,4)21-16(20-14)12-5-6-13(18-11-12)19-9-7-17-8-10-19;1-5-10(3)17-8-9(2)14-12(15(18)19-4)6-11(16)7-13(14)17;1-4-9(3)16-7-8(2)13-11(14(17)18)5-10(15)6-12(13)16;1-5-3-7(11)6(4-9)8(10-5)12-2;1-2-3/h7-8,13-16,18,21,32H,6,9-12,17H2,1-5H3,(H,34,39)(H,35,38);7-9,11,14H,6,10H2,1-5H3,(H,24,28)(H,25,27);5-6,11,17H,7-10H2,1-4H3;6-8,10H,5H2,1-4H3;5-7,9H,4H2,1-3H3,(H,17,18);3H,4,9H2,1-2H3,(H,10,11);3H,2H2,1H3. The molecule has 4 aromatic carbocycles. The van der Waals surface area contributed by atoms with Gasteiger partial charge in [-0.3, -0.25) is 24.0 Å². The lowest BCUT2D eigenvalue weighted by molar-refractivity contribution is 0.00578. The zero-order chi connectivity index (χ0) is 104. The number of aryl methyl sites for hydroxylation is 7. The predicted molar refractivity (Wildman–Crippen MR) is 580 cm³/mol. The molecule has 3 aliphatic rings. The van der Waals surface area contributed by atoms with Crippen molar-refractivity contribution >= 4 is 139 Å². The molecule has 0 aliphatic carbocycles. The third-order valence-corrected chi connectivity index (χ3v) is 27.8. The van der Waals surface area contributed by atoms with Crippen molar-refractivity contribution in [1.82, 2.24) is 64.5 Å². The molecule has 16 rings (SSSR count). The number of aliphatic hydroxyl groups excluding tert-OH is 1. The number of H-pyrrole nitrogens is 3. The molecule has 0 bridgehead atoms. The average molecular weight is 2140 g/mol. The van der Waals surface area contributed by atoms with Gasteiger partial charge in [0.1, 0.15) is 11.6 Å². The average Bonchev–Trinajstić information content (AvgIpc) is 1.59. The maximum Gasteiger partial charge on any atom is 0.496 e. The van der Waals surface area contributed by atoms with Gasteiger partial charge in [-0.2, -0.15) is 0 Å². The molecule has 3 aliphatic heterocycles. The van der Waals surface area contributed by atoms with Crippen molar-refractivity contribution in [2.24, 2.45) is 5.73 Å². The van der Waals surface area contributed by atoms with Gasteiger partial charge in [0.2, 0.25) is 0 Å². The topological polar surface area (TPSA) is 389 Å². The third kappa shape index (κ3) is 26.7. The van der Waals surface area contributed by atoms with Gasteiger partial charge in [0, 0.05) is 219 Å². The van der Waals surface area contributed by atoms with E-state index in [1.165, 1.54) is 46.6 Å². The van der Waals surface area contributed by atoms with Crippen molar-refractivity contribution in [1.29, 1.82) is 0 Å². The molecule has 2 amide bonds. The molecule has 4 unspecified atom stereocenters. The highest BCUT2D eigenvalue weighted by molar-refractivity contribution is 9.11. The van der Waals surface area contributed by atoms with Crippen molar-refractivity contribution in [3.05, 3.63) is 251 Å². The van der Waals surface area contributed by atoms with Crippen LogP contribution in [0, 0.1) is 48.5 Å². The van der Waals surface area contributed by atoms with Gasteiger partial charge in [-0.1, -0.05) is 81.6 Å². The van der Waals surface area contributed by atoms with Crippen LogP contribution in [0.15, 0.2) is 156 Å². The van der Waals surface area contributed by atoms with E-state index in [-0.39, 0.29) is 84.7 Å². The Kier molecular flexibility index (Phi) is 40.0. The number of aromatic amines is 3. The number of carboxylic acids is 1. The van der Waals surface area contributed by atoms with E-state index in [1.54, 1.807) is 33.8 Å². The van der Waals surface area contributed by atoms with Crippen molar-refractivity contribution in [3.63, 3.8) is 0 Å². The summed E-state index contributed by atoms with van der Waals surface area (Å²) in [7, 11) is 5.58. The number of hydrogen-bond acceptors (Lipinski definition) is 21. The van der Waals surface area contributed by atoms with Crippen LogP contribution in [-0.2, 0) is 33.7 Å². The van der Waals surface area contributed by atoms with E-state index in [0.29, 0.717) is 86.1 Å². The second-order valence-electron chi connectivity index (χ2n) is 37.0. The fourth-order valence-electron chi connectivity index (χ4n) is 17.3. The lowest BCUT2D eigenvalue weighted by atomic mass is 9.80. The van der Waals surface area contributed by atoms with Crippen molar-refractivity contribution in [3.8, 4) is 28.8 Å². The van der Waals surface area contributed by atoms with Crippen LogP contribution in [0.2, 0.25) is 0 Å². The molecule has 11 N–H and O–H groups in total. The van der Waals surface area contributed by atoms with Gasteiger partial charge in [-0.05, 0) is 231 Å². The van der Waals surface area contributed by atoms with E-state index in [9.17, 15) is 38.7 Å². The number of aromatic carboxylic acids is 1. The monoisotopic (exact) mass is 2140 g/mol. The highest BCUT2D eigenvalue weighted by atomic mass is 79.9. The zero-order valence-corrected chi connectivity index (χ0v) is 91.1. The molecule has 0 saturated carbocycles. The van der Waals surface area contributed by atoms with Gasteiger partial charge >= 0.3 is 19.1 Å². The first kappa shape index (κ1) is 112. The molecule has 31 nitrogen and oxygen atoms in total. The number of carbonyl (C=O) groups excluding carboxylic acids is 3. The number of piperazine rings is 2. The van der Waals surface area contributed by atoms with Crippen LogP contribution < -0.4 is 72.8 Å². The maximum absolute atomic E-state index is 13.8. The molecule has 12 heterocycles. The molecule has 3 saturated heterocycles. The number of carboxylic acid groups (broad SMARTS) is 1. The zero-order valence-electron chi connectivity index (χ0n) is 86.3. The van der Waals surface area contributed by atoms with Gasteiger partial charge in [0.15, 0.2) is 33.9 Å². The number of benzene rings is 4. The summed E-state index contributed by atoms with van der Waals surface area (Å²) in [4.78, 5) is 109. The maximum atomic E-state index is 13.8. The van der Waals surface area contributed by atoms with E-state index in [2.05, 4.69) is 255 Å². The summed E-state index contributed by atoms with van der Waals surface area (Å²) in [6.45, 7) is 49.0. The summed E-state index contributed by atoms with van der Waals surface area (Å²) in [5.74, 6) is 1.52. The Morgan fingerprint density at radius 2 is 0.803 bits per heavy atom. The Hall–Kier alpha value is -11.7. The number of pyridine rings is 5. The Balaban J connectivity index is 0.000000181. The number of aliphatic hydroxyl groups is 1. The Morgan fingerprint density at radius 1 is 0.472 bits per heavy atom. The Bertz CT molecular complexity index is 6770. The second-order valence-corrected chi connectivity index (χ2v) is 39.7. The number of esters is 1. The van der Waals surface area contributed by atoms with Gasteiger partial charge in [-0.15, -0.1) is 0 Å². The lowest BCUT2D eigenvalue weighted by Gasteiger charge is -2.32. The Morgan fingerprint density at radius 3 is 1.14 bits per heavy atom. The largest absolute Gasteiger partial charge is 0.496 e. The summed E-state index contributed by atoms with van der Waals surface area (Å²) in [6, 6.07) is 29.6. The number of nitrogens with zero attached hydrogens (tertiary/aromatic N) is 8. The number of halogens is 3. The molecular formula is C107H140BBr3N16O15. The van der Waals surface area contributed by atoms with Crippen LogP contribution in [-0.4, -0.2) is 183 Å². The van der Waals surface area contributed by atoms with Crippen molar-refractivity contribution < 1.29 is 57.6 Å². The number of hydrogen-bond donors (Lipinski definition) is 10. The number of methoxy groups -OCH3 is 4. The van der Waals surface area contributed by atoms with E-state index in [0.717, 1.165) is 191 Å². The highest BCUT2D eigenvalue weighted by Crippen LogP contribution is 2.40. The number of ether oxygens (including phenoxy) is 4. The molecule has 3 fully saturated rings. The first-order chi connectivity index (χ1) is 67.5. The normalized spacial score (nSPS) is 14.4. The van der Waals surface area contributed by atoms with Gasteiger partial charge in [-0.25, -0.2) is 19.6 Å². The molecule has 13 aromatic rings. The SMILES string of the molecule is CC1(C)OB(c2ccc(N3CCNCC3)nc2)OC1(C)C.CCC(C)n1cc(C)c2c(C(=O)NCc3c(OC)[nH]c(C)cc3=O)cc(-c3ccc(N4CCNCC4)nc3)cc21.CCC(C)n1cc(C)c2c(C(=O)NCc3c(OC)[nH]c(C)cc3=O)cc(Br)cc21.CCC(C)n1cc(C)c2c(C(=O)O)cc(Br)cc21.CCC(C)n1cc(C)c2c(C(=O)OC)cc(Br)cc21.CCO.COc1[nH]c(C)cc(=O)c1CN. The summed E-state index contributed by atoms with van der Waals surface area (Å²) in [5, 5.41) is 33.1. The van der Waals surface area contributed by atoms with Crippen LogP contribution in [0.4, 0.5) is 11.6 Å². The minimum Gasteiger partial charge on any atom is -0.482 e. The van der Waals surface area contributed by atoms with Crippen molar-refractivity contribution in [2.45, 2.75) is 219 Å². The predicted octanol–water partition coefficient (Wildman–Crippen LogP) is 18.7. The fourth-order valence-corrected chi connectivity index (χ4v) is 18.7. The minimum atomic E-state index is -0.883. The smallest absolute Gasteiger partial charge is 0.482 e. The summed E-state index contributed by atoms with van der Waals surface area (Å²) in [6.07, 6.45) is 16.1. The van der Waals surface area contributed by atoms with Crippen LogP contribution in [0.5, 0.6) is 17.6 Å². The summed E-state index contributed by atoms with van der Waals surface area (Å²) >= 11 is 10.4. The summed E-state index contributed by atoms with van der Waals surface area (Å²) < 4.78 is 44.0. The number of nitrogens with two attached hydrogens (primary N) is 1. The molecule has 4 atom stereocenters. The number of anilines is 2. The van der Waals surface area contributed by atoms with E-state index >= 15 is 0 Å². The number of rotatable bonds is 24. The van der Waals surface area contributed by atoms with Crippen LogP contribution in [0.1, 0.15) is 237 Å². The first-order valence-corrected chi connectivity index (χ1v) is 50.6. The minimum absolute atomic E-state index is 0.0510. The molecular weight excluding hydrogens is 2000 g/mol. The fraction of sp³-hybridized carbons (Fsp3) is 0.430. The van der Waals surface area contributed by atoms with Gasteiger partial charge < -0.3 is 108 Å².